The van der Waals surface area contributed by atoms with E-state index < -0.39 is 51.1 Å². The number of nitrogens with two attached hydrogens (primary N) is 1. The van der Waals surface area contributed by atoms with Crippen molar-refractivity contribution in [3.05, 3.63) is 85.1 Å². The molecule has 330 valence electrons. The number of aliphatic carboxylic acids is 1. The summed E-state index contributed by atoms with van der Waals surface area (Å²) in [6, 6.07) is -1.53. The van der Waals surface area contributed by atoms with Gasteiger partial charge in [0.15, 0.2) is 6.10 Å². The molecule has 0 aromatic carbocycles. The van der Waals surface area contributed by atoms with Crippen molar-refractivity contribution in [2.75, 3.05) is 19.8 Å². The lowest BCUT2D eigenvalue weighted by atomic mass is 10.1. The number of carbonyl (C=O) groups is 3. The third kappa shape index (κ3) is 39.5. The second-order valence-electron chi connectivity index (χ2n) is 14.1. The van der Waals surface area contributed by atoms with Crippen molar-refractivity contribution in [2.24, 2.45) is 5.73 Å². The maximum Gasteiger partial charge on any atom is 0.472 e. The number of ether oxygens (including phenoxy) is 2. The van der Waals surface area contributed by atoms with Gasteiger partial charge in [0.05, 0.1) is 13.2 Å². The fraction of sp³-hybridized carbons (Fsp3) is 0.630. The quantitative estimate of drug-likeness (QED) is 0.0233. The first-order valence-electron chi connectivity index (χ1n) is 21.6. The fourth-order valence-corrected chi connectivity index (χ4v) is 6.02. The van der Waals surface area contributed by atoms with Gasteiger partial charge in [-0.3, -0.25) is 23.4 Å². The van der Waals surface area contributed by atoms with Crippen molar-refractivity contribution in [2.45, 2.75) is 167 Å². The maximum absolute atomic E-state index is 12.6. The Labute approximate surface area is 350 Å². The third-order valence-corrected chi connectivity index (χ3v) is 9.58. The molecule has 0 aliphatic heterocycles. The Morgan fingerprint density at radius 3 is 1.50 bits per heavy atom. The Morgan fingerprint density at radius 2 is 0.983 bits per heavy atom. The monoisotopic (exact) mass is 834 g/mol. The molecule has 0 saturated carbocycles. The number of hydrogen-bond donors (Lipinski definition) is 3. The van der Waals surface area contributed by atoms with Crippen LogP contribution >= 0.6 is 7.82 Å². The van der Waals surface area contributed by atoms with Crippen LogP contribution in [0.4, 0.5) is 0 Å². The standard InChI is InChI=1S/C46H76NO10P/c1-3-5-7-9-11-13-15-17-19-21-23-25-27-29-31-33-35-37-44(48)54-39-42(40-55-58(52,53)56-41-43(47)46(50)51)57-45(49)38-36-34-32-30-28-26-24-22-20-18-16-14-12-10-8-6-4-2/h5,7,11-14,17-20,23,25,29,31,42-43H,3-4,6,8-10,15-16,21-22,24,26-28,30,32-41,47H2,1-2H3,(H,50,51)(H,52,53)/b7-5-,13-11-,14-12-,19-17-,20-18-,25-23-,31-29-/t42-,43+/m1/s1. The van der Waals surface area contributed by atoms with Gasteiger partial charge in [0.1, 0.15) is 12.6 Å². The number of phosphoric acid groups is 1. The first kappa shape index (κ1) is 54.7. The maximum atomic E-state index is 12.6. The van der Waals surface area contributed by atoms with Crippen LogP contribution in [0.25, 0.3) is 0 Å². The molecule has 0 rings (SSSR count). The Kier molecular flexibility index (Phi) is 38.1. The Morgan fingerprint density at radius 1 is 0.552 bits per heavy atom. The highest BCUT2D eigenvalue weighted by molar-refractivity contribution is 7.47. The largest absolute Gasteiger partial charge is 0.480 e. The van der Waals surface area contributed by atoms with E-state index in [1.807, 2.05) is 12.2 Å². The van der Waals surface area contributed by atoms with Gasteiger partial charge in [0.2, 0.25) is 0 Å². The van der Waals surface area contributed by atoms with Crippen LogP contribution in [-0.2, 0) is 37.5 Å². The predicted octanol–water partition coefficient (Wildman–Crippen LogP) is 11.5. The second kappa shape index (κ2) is 40.4. The van der Waals surface area contributed by atoms with E-state index in [2.05, 4.69) is 91.3 Å². The molecule has 0 spiro atoms. The van der Waals surface area contributed by atoms with Crippen molar-refractivity contribution in [1.82, 2.24) is 0 Å². The summed E-state index contributed by atoms with van der Waals surface area (Å²) in [6.45, 7) is 2.58. The molecule has 3 atom stereocenters. The average Bonchev–Trinajstić information content (AvgIpc) is 3.20. The molecule has 4 N–H and O–H groups in total. The van der Waals surface area contributed by atoms with Crippen LogP contribution in [0.5, 0.6) is 0 Å². The van der Waals surface area contributed by atoms with Gasteiger partial charge in [0, 0.05) is 12.8 Å². The molecule has 0 bridgehead atoms. The molecular formula is C46H76NO10P. The Bertz CT molecular complexity index is 1300. The van der Waals surface area contributed by atoms with Crippen LogP contribution in [0.2, 0.25) is 0 Å². The van der Waals surface area contributed by atoms with Gasteiger partial charge in [-0.05, 0) is 83.5 Å². The van der Waals surface area contributed by atoms with Crippen LogP contribution in [-0.4, -0.2) is 59.9 Å². The van der Waals surface area contributed by atoms with Gasteiger partial charge < -0.3 is 25.2 Å². The molecule has 0 aromatic heterocycles. The molecule has 0 fully saturated rings. The smallest absolute Gasteiger partial charge is 0.472 e. The van der Waals surface area contributed by atoms with Gasteiger partial charge >= 0.3 is 25.7 Å². The Hall–Kier alpha value is -3.34. The highest BCUT2D eigenvalue weighted by Crippen LogP contribution is 2.43. The van der Waals surface area contributed by atoms with E-state index >= 15 is 0 Å². The van der Waals surface area contributed by atoms with E-state index in [0.717, 1.165) is 70.6 Å². The molecule has 58 heavy (non-hydrogen) atoms. The molecule has 1 unspecified atom stereocenters. The topological polar surface area (TPSA) is 172 Å². The third-order valence-electron chi connectivity index (χ3n) is 8.63. The predicted molar refractivity (Wildman–Crippen MR) is 235 cm³/mol. The van der Waals surface area contributed by atoms with Crippen molar-refractivity contribution in [3.63, 3.8) is 0 Å². The summed E-state index contributed by atoms with van der Waals surface area (Å²) in [5.74, 6) is -2.47. The van der Waals surface area contributed by atoms with Crippen LogP contribution in [0.3, 0.4) is 0 Å². The first-order valence-corrected chi connectivity index (χ1v) is 23.1. The van der Waals surface area contributed by atoms with Crippen molar-refractivity contribution in [3.8, 4) is 0 Å². The highest BCUT2D eigenvalue weighted by Gasteiger charge is 2.28. The Balaban J connectivity index is 4.49. The van der Waals surface area contributed by atoms with E-state index in [0.29, 0.717) is 19.3 Å². The minimum atomic E-state index is -4.74. The lowest BCUT2D eigenvalue weighted by Crippen LogP contribution is -2.34. The van der Waals surface area contributed by atoms with Gasteiger partial charge in [-0.15, -0.1) is 0 Å². The number of esters is 2. The molecule has 0 aromatic rings. The lowest BCUT2D eigenvalue weighted by molar-refractivity contribution is -0.161. The summed E-state index contributed by atoms with van der Waals surface area (Å²) in [5.41, 5.74) is 5.33. The van der Waals surface area contributed by atoms with Crippen LogP contribution in [0, 0.1) is 0 Å². The number of carbonyl (C=O) groups excluding carboxylic acids is 2. The van der Waals surface area contributed by atoms with Gasteiger partial charge in [0.25, 0.3) is 0 Å². The number of carboxylic acids is 1. The number of phosphoric ester groups is 1. The molecular weight excluding hydrogens is 757 g/mol. The lowest BCUT2D eigenvalue weighted by Gasteiger charge is -2.20. The summed E-state index contributed by atoms with van der Waals surface area (Å²) >= 11 is 0. The summed E-state index contributed by atoms with van der Waals surface area (Å²) in [7, 11) is -4.74. The molecule has 11 nitrogen and oxygen atoms in total. The number of allylic oxidation sites excluding steroid dienone is 14. The van der Waals surface area contributed by atoms with Crippen molar-refractivity contribution >= 4 is 25.7 Å². The van der Waals surface area contributed by atoms with Crippen molar-refractivity contribution in [1.29, 1.82) is 0 Å². The summed E-state index contributed by atoms with van der Waals surface area (Å²) < 4.78 is 32.6. The van der Waals surface area contributed by atoms with Gasteiger partial charge in [-0.1, -0.05) is 144 Å². The number of rotatable bonds is 39. The number of unbranched alkanes of at least 4 members (excludes halogenated alkanes) is 11. The van der Waals surface area contributed by atoms with E-state index in [1.54, 1.807) is 0 Å². The minimum absolute atomic E-state index is 0.135. The molecule has 0 aliphatic rings. The zero-order valence-corrected chi connectivity index (χ0v) is 36.5. The summed E-state index contributed by atoms with van der Waals surface area (Å²) in [4.78, 5) is 45.9. The van der Waals surface area contributed by atoms with E-state index in [4.69, 9.17) is 24.8 Å². The normalized spacial score (nSPS) is 14.6. The fourth-order valence-electron chi connectivity index (χ4n) is 5.25. The zero-order chi connectivity index (χ0) is 42.8. The molecule has 12 heteroatoms. The molecule has 0 radical (unpaired) electrons. The van der Waals surface area contributed by atoms with Gasteiger partial charge in [-0.2, -0.15) is 0 Å². The molecule has 0 amide bonds. The number of hydrogen-bond acceptors (Lipinski definition) is 9. The SMILES string of the molecule is CC/C=C\C/C=C\C/C=C\C/C=C\C/C=C\CCCC(=O)OC[C@H](COP(=O)(O)OC[C@H](N)C(=O)O)OC(=O)CCCCCCCCC/C=C\C/C=C\CCCCC. The van der Waals surface area contributed by atoms with Crippen LogP contribution in [0.1, 0.15) is 155 Å². The van der Waals surface area contributed by atoms with Crippen LogP contribution in [0.15, 0.2) is 85.1 Å². The molecule has 0 heterocycles. The number of carboxylic acid groups (broad SMARTS) is 1. The van der Waals surface area contributed by atoms with E-state index in [9.17, 15) is 23.8 Å². The van der Waals surface area contributed by atoms with E-state index in [1.165, 1.54) is 38.5 Å². The summed E-state index contributed by atoms with van der Waals surface area (Å²) in [5, 5.41) is 8.89. The van der Waals surface area contributed by atoms with E-state index in [-0.39, 0.29) is 19.4 Å². The van der Waals surface area contributed by atoms with Gasteiger partial charge in [-0.25, -0.2) is 4.57 Å². The highest BCUT2D eigenvalue weighted by atomic mass is 31.2. The average molecular weight is 834 g/mol. The zero-order valence-electron chi connectivity index (χ0n) is 35.6. The first-order chi connectivity index (χ1) is 28.1. The molecule has 0 saturated heterocycles. The second-order valence-corrected chi connectivity index (χ2v) is 15.5. The van der Waals surface area contributed by atoms with Crippen LogP contribution < -0.4 is 5.73 Å². The summed E-state index contributed by atoms with van der Waals surface area (Å²) in [6.07, 6.45) is 49.4. The minimum Gasteiger partial charge on any atom is -0.480 e. The molecule has 0 aliphatic carbocycles. The van der Waals surface area contributed by atoms with Crippen molar-refractivity contribution < 1.29 is 47.5 Å².